The first-order valence-electron chi connectivity index (χ1n) is 7.10. The first-order valence-corrected chi connectivity index (χ1v) is 7.10. The van der Waals surface area contributed by atoms with Gasteiger partial charge < -0.3 is 10.5 Å². The molecule has 0 unspecified atom stereocenters. The summed E-state index contributed by atoms with van der Waals surface area (Å²) in [6, 6.07) is 6.87. The molecule has 0 amide bonds. The van der Waals surface area contributed by atoms with E-state index in [1.807, 2.05) is 13.8 Å². The number of halogens is 3. The van der Waals surface area contributed by atoms with Gasteiger partial charge in [0.15, 0.2) is 5.49 Å². The highest BCUT2D eigenvalue weighted by Crippen LogP contribution is 2.26. The van der Waals surface area contributed by atoms with Crippen LogP contribution in [0.1, 0.15) is 13.8 Å². The zero-order chi connectivity index (χ0) is 18.1. The maximum atomic E-state index is 12.2. The Labute approximate surface area is 136 Å². The van der Waals surface area contributed by atoms with E-state index in [2.05, 4.69) is 4.74 Å². The minimum atomic E-state index is -4.74. The number of anilines is 1. The van der Waals surface area contributed by atoms with E-state index in [-0.39, 0.29) is 28.7 Å². The molecule has 2 aromatic rings. The topological polar surface area (TPSA) is 87.9 Å². The standard InChI is InChI=1S/C16H17F3N4O/c1-9(2)14(21)23-8-11(7-13(20)15(23)22)10-3-5-12(6-4-10)24-16(17,18)19/h3-9,21-22H,20H2,1-2H3. The Kier molecular flexibility index (Phi) is 4.68. The van der Waals surface area contributed by atoms with Crippen LogP contribution in [0.3, 0.4) is 0 Å². The number of pyridine rings is 1. The smallest absolute Gasteiger partial charge is 0.406 e. The van der Waals surface area contributed by atoms with E-state index in [1.165, 1.54) is 28.8 Å². The summed E-state index contributed by atoms with van der Waals surface area (Å²) in [6.07, 6.45) is -3.17. The molecule has 0 aliphatic carbocycles. The number of hydrogen-bond donors (Lipinski definition) is 3. The Morgan fingerprint density at radius 2 is 1.75 bits per heavy atom. The SMILES string of the molecule is CC(C)C(=N)n1cc(-c2ccc(OC(F)(F)F)cc2)cc(N)c1=N. The molecule has 0 saturated heterocycles. The number of hydrogen-bond acceptors (Lipinski definition) is 4. The predicted octanol–water partition coefficient (Wildman–Crippen LogP) is 3.60. The van der Waals surface area contributed by atoms with Gasteiger partial charge in [-0.15, -0.1) is 13.2 Å². The molecular weight excluding hydrogens is 321 g/mol. The number of nitrogens with two attached hydrogens (primary N) is 1. The Hall–Kier alpha value is -2.77. The van der Waals surface area contributed by atoms with Crippen molar-refractivity contribution in [2.75, 3.05) is 5.73 Å². The number of ether oxygens (including phenoxy) is 1. The van der Waals surface area contributed by atoms with E-state index in [4.69, 9.17) is 16.6 Å². The summed E-state index contributed by atoms with van der Waals surface area (Å²) >= 11 is 0. The number of nitrogens with one attached hydrogen (secondary N) is 2. The summed E-state index contributed by atoms with van der Waals surface area (Å²) < 4.78 is 41.8. The lowest BCUT2D eigenvalue weighted by atomic mass is 10.1. The summed E-state index contributed by atoms with van der Waals surface area (Å²) in [4.78, 5) is 0. The summed E-state index contributed by atoms with van der Waals surface area (Å²) in [5, 5.41) is 16.0. The van der Waals surface area contributed by atoms with Crippen molar-refractivity contribution < 1.29 is 17.9 Å². The maximum Gasteiger partial charge on any atom is 0.573 e. The third-order valence-corrected chi connectivity index (χ3v) is 3.32. The van der Waals surface area contributed by atoms with Crippen LogP contribution in [0.5, 0.6) is 5.75 Å². The van der Waals surface area contributed by atoms with Gasteiger partial charge in [0.1, 0.15) is 11.6 Å². The summed E-state index contributed by atoms with van der Waals surface area (Å²) in [7, 11) is 0. The van der Waals surface area contributed by atoms with E-state index >= 15 is 0 Å². The average Bonchev–Trinajstić information content (AvgIpc) is 2.48. The van der Waals surface area contributed by atoms with Crippen molar-refractivity contribution >= 4 is 11.5 Å². The van der Waals surface area contributed by atoms with E-state index in [9.17, 15) is 13.2 Å². The first-order chi connectivity index (χ1) is 11.1. The molecule has 1 heterocycles. The monoisotopic (exact) mass is 338 g/mol. The fourth-order valence-electron chi connectivity index (χ4n) is 2.09. The molecule has 8 heteroatoms. The van der Waals surface area contributed by atoms with Gasteiger partial charge in [-0.05, 0) is 23.8 Å². The van der Waals surface area contributed by atoms with Gasteiger partial charge in [0.05, 0.1) is 5.69 Å². The molecule has 0 saturated carbocycles. The average molecular weight is 338 g/mol. The maximum absolute atomic E-state index is 12.2. The van der Waals surface area contributed by atoms with Gasteiger partial charge >= 0.3 is 6.36 Å². The van der Waals surface area contributed by atoms with Gasteiger partial charge in [0.2, 0.25) is 0 Å². The normalized spacial score (nSPS) is 11.6. The van der Waals surface area contributed by atoms with Crippen LogP contribution in [0.4, 0.5) is 18.9 Å². The number of benzene rings is 1. The largest absolute Gasteiger partial charge is 0.573 e. The molecule has 0 spiro atoms. The Morgan fingerprint density at radius 1 is 1.17 bits per heavy atom. The highest BCUT2D eigenvalue weighted by atomic mass is 19.4. The lowest BCUT2D eigenvalue weighted by Crippen LogP contribution is -2.31. The Balaban J connectivity index is 2.42. The van der Waals surface area contributed by atoms with Gasteiger partial charge in [-0.1, -0.05) is 26.0 Å². The number of nitrogens with zero attached hydrogens (tertiary/aromatic N) is 1. The summed E-state index contributed by atoms with van der Waals surface area (Å²) in [5.41, 5.74) is 7.19. The fraction of sp³-hybridized carbons (Fsp3) is 0.250. The molecule has 0 radical (unpaired) electrons. The molecular formula is C16H17F3N4O. The van der Waals surface area contributed by atoms with Crippen molar-refractivity contribution in [2.45, 2.75) is 20.2 Å². The number of aromatic nitrogens is 1. The highest BCUT2D eigenvalue weighted by molar-refractivity contribution is 5.85. The van der Waals surface area contributed by atoms with Gasteiger partial charge in [-0.2, -0.15) is 0 Å². The molecule has 128 valence electrons. The van der Waals surface area contributed by atoms with Gasteiger partial charge in [0, 0.05) is 17.7 Å². The Bertz CT molecular complexity index is 808. The minimum absolute atomic E-state index is 0.00512. The van der Waals surface area contributed by atoms with Gasteiger partial charge in [0.25, 0.3) is 0 Å². The second-order valence-corrected chi connectivity index (χ2v) is 5.51. The van der Waals surface area contributed by atoms with Crippen LogP contribution in [0, 0.1) is 16.7 Å². The third kappa shape index (κ3) is 3.95. The number of alkyl halides is 3. The molecule has 0 bridgehead atoms. The zero-order valence-electron chi connectivity index (χ0n) is 13.1. The van der Waals surface area contributed by atoms with Crippen molar-refractivity contribution in [1.82, 2.24) is 4.57 Å². The highest BCUT2D eigenvalue weighted by Gasteiger charge is 2.30. The number of rotatable bonds is 3. The lowest BCUT2D eigenvalue weighted by Gasteiger charge is -2.15. The molecule has 0 aliphatic heterocycles. The molecule has 1 aromatic carbocycles. The molecule has 1 aromatic heterocycles. The van der Waals surface area contributed by atoms with Crippen molar-refractivity contribution in [2.24, 2.45) is 5.92 Å². The zero-order valence-corrected chi connectivity index (χ0v) is 13.1. The first kappa shape index (κ1) is 17.6. The van der Waals surface area contributed by atoms with E-state index in [0.717, 1.165) is 0 Å². The van der Waals surface area contributed by atoms with Gasteiger partial charge in [-0.25, -0.2) is 0 Å². The quantitative estimate of drug-likeness (QED) is 0.590. The molecule has 4 N–H and O–H groups in total. The Morgan fingerprint density at radius 3 is 2.25 bits per heavy atom. The van der Waals surface area contributed by atoms with Crippen LogP contribution >= 0.6 is 0 Å². The van der Waals surface area contributed by atoms with Crippen LogP contribution < -0.4 is 16.0 Å². The lowest BCUT2D eigenvalue weighted by molar-refractivity contribution is -0.274. The molecule has 0 aliphatic rings. The van der Waals surface area contributed by atoms with Crippen LogP contribution in [-0.4, -0.2) is 16.8 Å². The molecule has 5 nitrogen and oxygen atoms in total. The van der Waals surface area contributed by atoms with E-state index in [1.54, 1.807) is 12.3 Å². The van der Waals surface area contributed by atoms with Crippen molar-refractivity contribution in [3.8, 4) is 16.9 Å². The second kappa shape index (κ2) is 6.38. The van der Waals surface area contributed by atoms with Crippen LogP contribution in [-0.2, 0) is 0 Å². The van der Waals surface area contributed by atoms with E-state index in [0.29, 0.717) is 11.1 Å². The van der Waals surface area contributed by atoms with Crippen molar-refractivity contribution in [1.29, 1.82) is 10.8 Å². The second-order valence-electron chi connectivity index (χ2n) is 5.51. The number of nitrogen functional groups attached to an aromatic ring is 1. The van der Waals surface area contributed by atoms with Crippen LogP contribution in [0.25, 0.3) is 11.1 Å². The predicted molar refractivity (Wildman–Crippen MR) is 84.8 cm³/mol. The van der Waals surface area contributed by atoms with Gasteiger partial charge in [-0.3, -0.25) is 15.4 Å². The molecule has 24 heavy (non-hydrogen) atoms. The van der Waals surface area contributed by atoms with Crippen LogP contribution in [0.2, 0.25) is 0 Å². The van der Waals surface area contributed by atoms with Crippen molar-refractivity contribution in [3.63, 3.8) is 0 Å². The van der Waals surface area contributed by atoms with Crippen molar-refractivity contribution in [3.05, 3.63) is 42.0 Å². The molecule has 2 rings (SSSR count). The summed E-state index contributed by atoms with van der Waals surface area (Å²) in [6.45, 7) is 3.64. The molecule has 0 atom stereocenters. The third-order valence-electron chi connectivity index (χ3n) is 3.32. The summed E-state index contributed by atoms with van der Waals surface area (Å²) in [5.74, 6) is -0.235. The fourth-order valence-corrected chi connectivity index (χ4v) is 2.09. The molecule has 0 fully saturated rings. The van der Waals surface area contributed by atoms with Crippen LogP contribution in [0.15, 0.2) is 36.5 Å². The minimum Gasteiger partial charge on any atom is -0.406 e. The van der Waals surface area contributed by atoms with E-state index < -0.39 is 6.36 Å².